The lowest BCUT2D eigenvalue weighted by molar-refractivity contribution is -0.903. The van der Waals surface area contributed by atoms with Gasteiger partial charge in [0, 0.05) is 35.4 Å². The molecule has 0 unspecified atom stereocenters. The van der Waals surface area contributed by atoms with E-state index >= 15 is 0 Å². The van der Waals surface area contributed by atoms with E-state index in [2.05, 4.69) is 152 Å². The van der Waals surface area contributed by atoms with Crippen molar-refractivity contribution < 1.29 is 13.8 Å². The lowest BCUT2D eigenvalue weighted by Gasteiger charge is -2.30. The van der Waals surface area contributed by atoms with Crippen molar-refractivity contribution in [3.05, 3.63) is 125 Å². The summed E-state index contributed by atoms with van der Waals surface area (Å²) in [7, 11) is 10.8. The third-order valence-corrected chi connectivity index (χ3v) is 9.59. The number of hydrogen-bond donors (Lipinski definition) is 0. The van der Waals surface area contributed by atoms with Crippen LogP contribution in [0.4, 0.5) is 11.5 Å². The van der Waals surface area contributed by atoms with Gasteiger partial charge in [-0.15, -0.1) is 0 Å². The number of para-hydroxylation sites is 3. The Hall–Kier alpha value is -4.26. The molecule has 0 bridgehead atoms. The van der Waals surface area contributed by atoms with Crippen molar-refractivity contribution in [1.29, 1.82) is 0 Å². The van der Waals surface area contributed by atoms with Gasteiger partial charge >= 0.3 is 0 Å². The highest BCUT2D eigenvalue weighted by atomic mass is 32.2. The van der Waals surface area contributed by atoms with E-state index in [4.69, 9.17) is 4.74 Å². The van der Waals surface area contributed by atoms with E-state index in [0.717, 1.165) is 36.3 Å². The van der Waals surface area contributed by atoms with Crippen LogP contribution in [0.25, 0.3) is 22.7 Å². The van der Waals surface area contributed by atoms with Gasteiger partial charge in [0.2, 0.25) is 0 Å². The molecule has 1 aliphatic rings. The zero-order valence-corrected chi connectivity index (χ0v) is 27.2. The predicted molar refractivity (Wildman–Crippen MR) is 186 cm³/mol. The molecule has 0 fully saturated rings. The van der Waals surface area contributed by atoms with Crippen LogP contribution in [0.3, 0.4) is 0 Å². The van der Waals surface area contributed by atoms with Gasteiger partial charge in [0.15, 0.2) is 0 Å². The minimum Gasteiger partial charge on any atom is -0.497 e. The lowest BCUT2D eigenvalue weighted by Crippen LogP contribution is -2.43. The van der Waals surface area contributed by atoms with Crippen molar-refractivity contribution in [2.75, 3.05) is 58.2 Å². The van der Waals surface area contributed by atoms with Crippen molar-refractivity contribution >= 4 is 40.2 Å². The van der Waals surface area contributed by atoms with E-state index in [0.29, 0.717) is 0 Å². The number of pyridine rings is 1. The summed E-state index contributed by atoms with van der Waals surface area (Å²) in [4.78, 5) is 6.03. The van der Waals surface area contributed by atoms with E-state index in [1.807, 2.05) is 17.8 Å². The quantitative estimate of drug-likeness (QED) is 0.120. The largest absolute Gasteiger partial charge is 0.497 e. The first-order valence-electron chi connectivity index (χ1n) is 15.2. The number of rotatable bonds is 10. The molecular formula is C38H42N4OS+2. The molecule has 2 heterocycles. The van der Waals surface area contributed by atoms with Gasteiger partial charge in [-0.1, -0.05) is 72.4 Å². The second kappa shape index (κ2) is 12.8. The molecule has 0 atom stereocenters. The second-order valence-electron chi connectivity index (χ2n) is 12.2. The van der Waals surface area contributed by atoms with Gasteiger partial charge in [0.1, 0.15) is 23.5 Å². The average Bonchev–Trinajstić information content (AvgIpc) is 3.35. The Labute approximate surface area is 266 Å². The summed E-state index contributed by atoms with van der Waals surface area (Å²) >= 11 is 1.84. The van der Waals surface area contributed by atoms with E-state index in [1.165, 1.54) is 49.1 Å². The van der Waals surface area contributed by atoms with Crippen LogP contribution in [0.5, 0.6) is 5.75 Å². The Bertz CT molecular complexity index is 1800. The molecule has 0 radical (unpaired) electrons. The zero-order chi connectivity index (χ0) is 30.7. The molecule has 0 saturated heterocycles. The molecule has 1 aliphatic heterocycles. The molecule has 4 aromatic carbocycles. The topological polar surface area (TPSA) is 19.6 Å². The molecule has 5 aromatic rings. The number of nitrogens with zero attached hydrogens (tertiary/aromatic N) is 4. The number of quaternary nitrogens is 1. The van der Waals surface area contributed by atoms with Crippen molar-refractivity contribution in [3.8, 4) is 11.4 Å². The molecule has 0 N–H and O–H groups in total. The van der Waals surface area contributed by atoms with Crippen LogP contribution in [-0.4, -0.2) is 52.9 Å². The van der Waals surface area contributed by atoms with Gasteiger partial charge < -0.3 is 14.1 Å². The van der Waals surface area contributed by atoms with E-state index in [1.54, 1.807) is 7.11 Å². The van der Waals surface area contributed by atoms with Gasteiger partial charge in [-0.3, -0.25) is 4.90 Å². The van der Waals surface area contributed by atoms with Crippen LogP contribution < -0.4 is 19.1 Å². The SMILES string of the molecule is COc1cccc(C[N+](C)(C)CCCN(C)c2cc(C=C3Sc4ccccc4N3C)c3ccccc3[n+]2-c2ccccc2)c1. The Kier molecular flexibility index (Phi) is 8.65. The van der Waals surface area contributed by atoms with E-state index < -0.39 is 0 Å². The molecule has 6 heteroatoms. The maximum atomic E-state index is 5.46. The number of anilines is 2. The first kappa shape index (κ1) is 29.8. The normalized spacial score (nSPS) is 13.8. The molecular weight excluding hydrogens is 561 g/mol. The highest BCUT2D eigenvalue weighted by Crippen LogP contribution is 2.45. The van der Waals surface area contributed by atoms with Crippen LogP contribution in [0, 0.1) is 0 Å². The van der Waals surface area contributed by atoms with Gasteiger partial charge in [0.25, 0.3) is 5.82 Å². The molecule has 44 heavy (non-hydrogen) atoms. The standard InChI is InChI=1S/C38H42N4OS/c1-39(23-14-24-42(3,4)28-29-15-13-18-32(25-29)43-5)37-26-30(27-38-40(2)35-21-11-12-22-36(35)44-38)33-19-9-10-20-34(33)41(37)31-16-7-6-8-17-31/h6-13,15-22,25-27H,14,23-24,28H2,1-5H3/q+2. The highest BCUT2D eigenvalue weighted by molar-refractivity contribution is 8.03. The molecule has 0 saturated carbocycles. The second-order valence-corrected chi connectivity index (χ2v) is 13.3. The lowest BCUT2D eigenvalue weighted by atomic mass is 10.1. The maximum Gasteiger partial charge on any atom is 0.282 e. The Morgan fingerprint density at radius 2 is 1.64 bits per heavy atom. The number of benzene rings is 4. The minimum absolute atomic E-state index is 0.916. The van der Waals surface area contributed by atoms with Crippen molar-refractivity contribution in [3.63, 3.8) is 0 Å². The number of thioether (sulfide) groups is 1. The van der Waals surface area contributed by atoms with Gasteiger partial charge in [-0.2, -0.15) is 4.57 Å². The summed E-state index contributed by atoms with van der Waals surface area (Å²) < 4.78 is 8.78. The first-order chi connectivity index (χ1) is 21.3. The van der Waals surface area contributed by atoms with Crippen LogP contribution in [0.2, 0.25) is 0 Å². The third kappa shape index (κ3) is 6.33. The van der Waals surface area contributed by atoms with Gasteiger partial charge in [0.05, 0.1) is 52.1 Å². The fourth-order valence-corrected chi connectivity index (χ4v) is 7.24. The number of fused-ring (bicyclic) bond motifs is 2. The summed E-state index contributed by atoms with van der Waals surface area (Å²) in [6.45, 7) is 2.98. The third-order valence-electron chi connectivity index (χ3n) is 8.43. The average molecular weight is 603 g/mol. The molecule has 224 valence electrons. The molecule has 5 nitrogen and oxygen atoms in total. The monoisotopic (exact) mass is 602 g/mol. The molecule has 6 rings (SSSR count). The molecule has 1 aromatic heterocycles. The number of hydrogen-bond acceptors (Lipinski definition) is 4. The molecule has 0 amide bonds. The highest BCUT2D eigenvalue weighted by Gasteiger charge is 2.26. The Morgan fingerprint density at radius 3 is 2.43 bits per heavy atom. The summed E-state index contributed by atoms with van der Waals surface area (Å²) in [6, 6.07) is 39.0. The smallest absolute Gasteiger partial charge is 0.282 e. The Balaban J connectivity index is 1.32. The van der Waals surface area contributed by atoms with Crippen LogP contribution in [0.1, 0.15) is 17.5 Å². The van der Waals surface area contributed by atoms with Crippen LogP contribution in [-0.2, 0) is 6.54 Å². The number of methoxy groups -OCH3 is 1. The Morgan fingerprint density at radius 1 is 0.886 bits per heavy atom. The summed E-state index contributed by atoms with van der Waals surface area (Å²) in [5, 5.41) is 2.47. The van der Waals surface area contributed by atoms with Crippen LogP contribution >= 0.6 is 11.8 Å². The fourth-order valence-electron chi connectivity index (χ4n) is 6.14. The molecule has 0 aliphatic carbocycles. The fraction of sp³-hybridized carbons (Fsp3) is 0.237. The zero-order valence-electron chi connectivity index (χ0n) is 26.4. The van der Waals surface area contributed by atoms with E-state index in [-0.39, 0.29) is 0 Å². The van der Waals surface area contributed by atoms with Crippen molar-refractivity contribution in [1.82, 2.24) is 0 Å². The maximum absolute atomic E-state index is 5.46. The van der Waals surface area contributed by atoms with Gasteiger partial charge in [-0.05, 0) is 54.1 Å². The predicted octanol–water partition coefficient (Wildman–Crippen LogP) is 7.77. The van der Waals surface area contributed by atoms with Crippen molar-refractivity contribution in [2.24, 2.45) is 0 Å². The first-order valence-corrected chi connectivity index (χ1v) is 16.1. The summed E-state index contributed by atoms with van der Waals surface area (Å²) in [5.41, 5.74) is 6.15. The minimum atomic E-state index is 0.916. The van der Waals surface area contributed by atoms with E-state index in [9.17, 15) is 0 Å². The summed E-state index contributed by atoms with van der Waals surface area (Å²) in [5.74, 6) is 2.10. The molecule has 0 spiro atoms. The number of aromatic nitrogens is 1. The van der Waals surface area contributed by atoms with Gasteiger partial charge in [-0.25, -0.2) is 0 Å². The van der Waals surface area contributed by atoms with Crippen LogP contribution in [0.15, 0.2) is 119 Å². The summed E-state index contributed by atoms with van der Waals surface area (Å²) in [6.07, 6.45) is 3.42. The van der Waals surface area contributed by atoms with Crippen molar-refractivity contribution in [2.45, 2.75) is 17.9 Å². The number of ether oxygens (including phenoxy) is 1.